The molecule has 0 radical (unpaired) electrons. The van der Waals surface area contributed by atoms with Crippen molar-refractivity contribution in [1.82, 2.24) is 0 Å². The quantitative estimate of drug-likeness (QED) is 0.327. The molecule has 32 valence electrons. The third-order valence-electron chi connectivity index (χ3n) is 0.289. The van der Waals surface area contributed by atoms with E-state index in [1.165, 1.54) is 0 Å². The molecule has 0 aliphatic rings. The van der Waals surface area contributed by atoms with Gasteiger partial charge in [-0.05, 0) is 0 Å². The molecule has 3 heteroatoms. The summed E-state index contributed by atoms with van der Waals surface area (Å²) < 4.78 is 0. The Morgan fingerprint density at radius 1 is 1.83 bits per heavy atom. The summed E-state index contributed by atoms with van der Waals surface area (Å²) in [5.74, 6) is 0. The van der Waals surface area contributed by atoms with Crippen molar-refractivity contribution in [1.29, 1.82) is 0 Å². The van der Waals surface area contributed by atoms with Crippen LogP contribution in [0.3, 0.4) is 0 Å². The first kappa shape index (κ1) is 9.72. The fourth-order valence-corrected chi connectivity index (χ4v) is 0. The zero-order chi connectivity index (χ0) is 5.41. The molecule has 0 aromatic heterocycles. The van der Waals surface area contributed by atoms with Crippen LogP contribution in [0.4, 0.5) is 0 Å². The van der Waals surface area contributed by atoms with Crippen LogP contribution in [0.1, 0.15) is 0 Å². The molecule has 0 heterocycles. The molecule has 0 aromatic rings. The summed E-state index contributed by atoms with van der Waals surface area (Å²) in [7, 11) is 0.806. The van der Waals surface area contributed by atoms with Gasteiger partial charge in [0.25, 0.3) is 0 Å². The van der Waals surface area contributed by atoms with Crippen molar-refractivity contribution in [3.8, 4) is 0 Å². The number of allylic oxidation sites excluding steroid dienone is 1. The molecule has 0 saturated carbocycles. The van der Waals surface area contributed by atoms with Crippen molar-refractivity contribution >= 4 is 28.1 Å². The van der Waals surface area contributed by atoms with E-state index in [9.17, 15) is 0 Å². The molecule has 0 spiro atoms. The first-order chi connectivity index (χ1) is 2.91. The van der Waals surface area contributed by atoms with Gasteiger partial charge in [-0.25, -0.2) is 0 Å². The third kappa shape index (κ3) is 24.3. The van der Waals surface area contributed by atoms with Crippen LogP contribution in [0.15, 0.2) is 12.7 Å². The maximum absolute atomic E-state index is 4.64. The van der Waals surface area contributed by atoms with E-state index in [1.54, 1.807) is 0 Å². The first-order valence-electron chi connectivity index (χ1n) is 2.10. The van der Waals surface area contributed by atoms with Crippen LogP contribution in [0, 0.1) is 0 Å². The van der Waals surface area contributed by atoms with Gasteiger partial charge in [-0.15, -0.1) is 0 Å². The molecular formula is C3H10LiNSi. The predicted molar refractivity (Wildman–Crippen MR) is 34.9 cm³/mol. The minimum atomic E-state index is 0.806. The summed E-state index contributed by atoms with van der Waals surface area (Å²) in [5, 5.41) is 5.72. The monoisotopic (exact) mass is 95.1 g/mol. The normalized spacial score (nSPS) is 5.83. The Bertz CT molecular complexity index is 24.8. The topological polar surface area (TPSA) is 26.0 Å². The molecule has 0 atom stereocenters. The van der Waals surface area contributed by atoms with Crippen molar-refractivity contribution in [2.45, 2.75) is 5.09 Å². The Morgan fingerprint density at radius 3 is 2.00 bits per heavy atom. The zero-order valence-corrected chi connectivity index (χ0v) is 6.57. The van der Waals surface area contributed by atoms with Gasteiger partial charge in [0.2, 0.25) is 0 Å². The Balaban J connectivity index is 0. The van der Waals surface area contributed by atoms with E-state index >= 15 is 0 Å². The van der Waals surface area contributed by atoms with Crippen molar-refractivity contribution in [2.75, 3.05) is 0 Å². The van der Waals surface area contributed by atoms with E-state index in [2.05, 4.69) is 29.7 Å². The van der Waals surface area contributed by atoms with Gasteiger partial charge in [-0.3, -0.25) is 0 Å². The van der Waals surface area contributed by atoms with E-state index in [1.807, 2.05) is 6.08 Å². The first-order valence-corrected chi connectivity index (χ1v) is 3.26. The van der Waals surface area contributed by atoms with Gasteiger partial charge in [-0.2, -0.15) is 0 Å². The molecule has 2 N–H and O–H groups in total. The van der Waals surface area contributed by atoms with Gasteiger partial charge in [0.1, 0.15) is 0 Å². The van der Waals surface area contributed by atoms with Gasteiger partial charge in [0.15, 0.2) is 0 Å². The van der Waals surface area contributed by atoms with E-state index in [4.69, 9.17) is 0 Å². The van der Waals surface area contributed by atoms with Crippen LogP contribution in [0.5, 0.6) is 0 Å². The summed E-state index contributed by atoms with van der Waals surface area (Å²) in [6, 6.07) is 0. The van der Waals surface area contributed by atoms with E-state index in [-0.39, 0.29) is 0 Å². The molecule has 0 saturated heterocycles. The molecule has 0 aliphatic carbocycles. The molecule has 0 bridgehead atoms. The third-order valence-corrected chi connectivity index (χ3v) is 0.289. The van der Waals surface area contributed by atoms with E-state index in [0.717, 1.165) is 15.5 Å². The molecule has 0 rings (SSSR count). The Morgan fingerprint density at radius 2 is 2.00 bits per heavy atom. The van der Waals surface area contributed by atoms with Crippen molar-refractivity contribution in [3.05, 3.63) is 12.7 Å². The summed E-state index contributed by atoms with van der Waals surface area (Å²) >= 11 is 2.06. The second-order valence-corrected chi connectivity index (χ2v) is 0.697. The number of hydrogen-bond donors (Lipinski definition) is 1. The van der Waals surface area contributed by atoms with E-state index < -0.39 is 0 Å². The maximum atomic E-state index is 4.64. The van der Waals surface area contributed by atoms with Gasteiger partial charge in [0.05, 0.1) is 10.4 Å². The molecule has 0 aliphatic heterocycles. The Kier molecular flexibility index (Phi) is 28.8. The van der Waals surface area contributed by atoms with Gasteiger partial charge in [-0.1, -0.05) is 0 Å². The van der Waals surface area contributed by atoms with Crippen molar-refractivity contribution in [3.63, 3.8) is 0 Å². The summed E-state index contributed by atoms with van der Waals surface area (Å²) in [5.41, 5.74) is 0. The Labute approximate surface area is 51.7 Å². The molecule has 0 fully saturated rings. The molecular weight excluding hydrogens is 85.1 g/mol. The fraction of sp³-hybridized carbons (Fsp3) is 0.333. The van der Waals surface area contributed by atoms with Crippen LogP contribution < -0.4 is 5.40 Å². The average molecular weight is 95.1 g/mol. The molecule has 0 unspecified atom stereocenters. The number of nitrogens with two attached hydrogens (primary N) is 1. The zero-order valence-electron chi connectivity index (χ0n) is 4.57. The van der Waals surface area contributed by atoms with Gasteiger partial charge >= 0.3 is 35.5 Å². The summed E-state index contributed by atoms with van der Waals surface area (Å²) in [6.07, 6.45) is 1.88. The van der Waals surface area contributed by atoms with Crippen LogP contribution in [0.2, 0.25) is 5.09 Å². The van der Waals surface area contributed by atoms with E-state index in [0.29, 0.717) is 0 Å². The minimum absolute atomic E-state index is 0.806. The van der Waals surface area contributed by atoms with Crippen molar-refractivity contribution < 1.29 is 0 Å². The molecule has 0 aromatic carbocycles. The van der Waals surface area contributed by atoms with Gasteiger partial charge in [0, 0.05) is 0 Å². The fourth-order valence-electron chi connectivity index (χ4n) is 0. The second kappa shape index (κ2) is 17.8. The summed E-state index contributed by atoms with van der Waals surface area (Å²) in [4.78, 5) is 0. The van der Waals surface area contributed by atoms with Crippen LogP contribution >= 0.6 is 0 Å². The predicted octanol–water partition coefficient (Wildman–Crippen LogP) is -1.02. The summed E-state index contributed by atoms with van der Waals surface area (Å²) in [6.45, 7) is 3.48. The molecule has 1 nitrogen and oxygen atoms in total. The molecule has 6 heavy (non-hydrogen) atoms. The van der Waals surface area contributed by atoms with Crippen LogP contribution in [-0.2, 0) is 0 Å². The van der Waals surface area contributed by atoms with Crippen molar-refractivity contribution in [2.24, 2.45) is 5.40 Å². The second-order valence-electron chi connectivity index (χ2n) is 0.697. The van der Waals surface area contributed by atoms with Crippen LogP contribution in [-0.4, -0.2) is 28.1 Å². The van der Waals surface area contributed by atoms with Gasteiger partial charge < -0.3 is 5.40 Å². The molecule has 0 amide bonds. The average Bonchev–Trinajstić information content (AvgIpc) is 1.72. The number of hydrogen-bond acceptors (Lipinski definition) is 1. The SMILES string of the molecule is N[SiH3].[Li][CH2]C=C. The Hall–Kier alpha value is 0.514. The standard InChI is InChI=1S/C3H5.Li.H5NSi/c1-3-2;;1-2/h3H,1-2H2;;1H2,2H3. The van der Waals surface area contributed by atoms with Crippen LogP contribution in [0.25, 0.3) is 0 Å². The number of rotatable bonds is 1.